The van der Waals surface area contributed by atoms with Gasteiger partial charge in [-0.15, -0.1) is 0 Å². The summed E-state index contributed by atoms with van der Waals surface area (Å²) < 4.78 is 36.0. The number of hydrogen-bond donors (Lipinski definition) is 2. The van der Waals surface area contributed by atoms with Crippen LogP contribution < -0.4 is 10.9 Å². The van der Waals surface area contributed by atoms with Crippen molar-refractivity contribution in [2.24, 2.45) is 5.92 Å². The number of sulfone groups is 1. The molecule has 1 atom stereocenters. The summed E-state index contributed by atoms with van der Waals surface area (Å²) in [6.45, 7) is 0. The van der Waals surface area contributed by atoms with E-state index in [-0.39, 0.29) is 23.5 Å². The van der Waals surface area contributed by atoms with Gasteiger partial charge in [-0.3, -0.25) is 20.4 Å². The molecule has 9 heteroatoms. The van der Waals surface area contributed by atoms with Gasteiger partial charge in [0.15, 0.2) is 9.84 Å². The van der Waals surface area contributed by atoms with Crippen molar-refractivity contribution in [3.8, 4) is 0 Å². The van der Waals surface area contributed by atoms with Crippen LogP contribution in [0.5, 0.6) is 0 Å². The standard InChI is InChI=1S/C12H12BrFN2O4S/c13-10-2-1-8(14)5-9(10)12(18)16-15-11(17)7-3-4-21(19,20)6-7/h1-2,5,7H,3-4,6H2,(H,15,17)(H,16,18)/t7-/m0/s1. The van der Waals surface area contributed by atoms with Crippen molar-refractivity contribution in [3.05, 3.63) is 34.1 Å². The van der Waals surface area contributed by atoms with Crippen LogP contribution in [-0.4, -0.2) is 31.7 Å². The van der Waals surface area contributed by atoms with Crippen LogP contribution in [0.4, 0.5) is 4.39 Å². The molecule has 1 aromatic carbocycles. The third-order valence-corrected chi connectivity index (χ3v) is 5.53. The first-order valence-electron chi connectivity index (χ1n) is 6.04. The lowest BCUT2D eigenvalue weighted by Gasteiger charge is -2.11. The fourth-order valence-electron chi connectivity index (χ4n) is 1.96. The minimum atomic E-state index is -3.17. The van der Waals surface area contributed by atoms with Gasteiger partial charge in [0.2, 0.25) is 5.91 Å². The van der Waals surface area contributed by atoms with Crippen LogP contribution in [-0.2, 0) is 14.6 Å². The molecule has 1 aliphatic heterocycles. The summed E-state index contributed by atoms with van der Waals surface area (Å²) in [4.78, 5) is 23.6. The lowest BCUT2D eigenvalue weighted by Crippen LogP contribution is -2.45. The highest BCUT2D eigenvalue weighted by molar-refractivity contribution is 9.10. The Morgan fingerprint density at radius 2 is 2.00 bits per heavy atom. The Morgan fingerprint density at radius 1 is 1.29 bits per heavy atom. The molecule has 1 saturated heterocycles. The Morgan fingerprint density at radius 3 is 2.62 bits per heavy atom. The number of amides is 2. The normalized spacial score (nSPS) is 20.0. The highest BCUT2D eigenvalue weighted by Gasteiger charge is 2.33. The van der Waals surface area contributed by atoms with Crippen molar-refractivity contribution in [3.63, 3.8) is 0 Å². The lowest BCUT2D eigenvalue weighted by atomic mass is 10.1. The molecule has 2 amide bonds. The van der Waals surface area contributed by atoms with E-state index in [9.17, 15) is 22.4 Å². The third-order valence-electron chi connectivity index (χ3n) is 3.08. The fraction of sp³-hybridized carbons (Fsp3) is 0.333. The number of carbonyl (C=O) groups is 2. The highest BCUT2D eigenvalue weighted by Crippen LogP contribution is 2.19. The van der Waals surface area contributed by atoms with Crippen molar-refractivity contribution in [2.75, 3.05) is 11.5 Å². The second-order valence-corrected chi connectivity index (χ2v) is 7.75. The maximum Gasteiger partial charge on any atom is 0.270 e. The van der Waals surface area contributed by atoms with Crippen LogP contribution in [0.2, 0.25) is 0 Å². The molecule has 0 saturated carbocycles. The Balaban J connectivity index is 1.95. The van der Waals surface area contributed by atoms with Crippen molar-refractivity contribution in [2.45, 2.75) is 6.42 Å². The van der Waals surface area contributed by atoms with E-state index >= 15 is 0 Å². The minimum absolute atomic E-state index is 0.0225. The van der Waals surface area contributed by atoms with Gasteiger partial charge < -0.3 is 0 Å². The Labute approximate surface area is 129 Å². The number of hydrogen-bond acceptors (Lipinski definition) is 4. The first-order chi connectivity index (χ1) is 9.78. The van der Waals surface area contributed by atoms with E-state index in [0.29, 0.717) is 4.47 Å². The molecule has 1 heterocycles. The summed E-state index contributed by atoms with van der Waals surface area (Å²) in [6, 6.07) is 3.57. The summed E-state index contributed by atoms with van der Waals surface area (Å²) >= 11 is 3.10. The van der Waals surface area contributed by atoms with Crippen LogP contribution >= 0.6 is 15.9 Å². The molecule has 114 valence electrons. The van der Waals surface area contributed by atoms with Gasteiger partial charge in [0.05, 0.1) is 23.0 Å². The molecular weight excluding hydrogens is 367 g/mol. The van der Waals surface area contributed by atoms with Crippen LogP contribution in [0, 0.1) is 11.7 Å². The quantitative estimate of drug-likeness (QED) is 0.743. The SMILES string of the molecule is O=C(NNC(=O)[C@H]1CCS(=O)(=O)C1)c1cc(F)ccc1Br. The number of benzene rings is 1. The molecule has 0 bridgehead atoms. The van der Waals surface area contributed by atoms with Crippen molar-refractivity contribution >= 4 is 37.6 Å². The molecule has 0 aliphatic carbocycles. The Hall–Kier alpha value is -1.48. The molecule has 2 N–H and O–H groups in total. The number of carbonyl (C=O) groups excluding carboxylic acids is 2. The number of rotatable bonds is 2. The van der Waals surface area contributed by atoms with Gasteiger partial charge in [0.25, 0.3) is 5.91 Å². The van der Waals surface area contributed by atoms with E-state index in [1.54, 1.807) is 0 Å². The largest absolute Gasteiger partial charge is 0.273 e. The zero-order valence-electron chi connectivity index (χ0n) is 10.7. The van der Waals surface area contributed by atoms with E-state index in [1.807, 2.05) is 0 Å². The van der Waals surface area contributed by atoms with E-state index in [1.165, 1.54) is 12.1 Å². The molecule has 6 nitrogen and oxygen atoms in total. The second-order valence-electron chi connectivity index (χ2n) is 4.67. The number of hydrazine groups is 1. The van der Waals surface area contributed by atoms with Gasteiger partial charge in [-0.2, -0.15) is 0 Å². The molecule has 0 spiro atoms. The molecule has 2 rings (SSSR count). The lowest BCUT2D eigenvalue weighted by molar-refractivity contribution is -0.125. The average molecular weight is 379 g/mol. The summed E-state index contributed by atoms with van der Waals surface area (Å²) in [7, 11) is -3.17. The van der Waals surface area contributed by atoms with Gasteiger partial charge in [0.1, 0.15) is 5.82 Å². The van der Waals surface area contributed by atoms with Crippen molar-refractivity contribution in [1.82, 2.24) is 10.9 Å². The van der Waals surface area contributed by atoms with E-state index in [4.69, 9.17) is 0 Å². The maximum absolute atomic E-state index is 13.1. The summed E-state index contributed by atoms with van der Waals surface area (Å²) in [5, 5.41) is 0. The van der Waals surface area contributed by atoms with Crippen molar-refractivity contribution < 1.29 is 22.4 Å². The van der Waals surface area contributed by atoms with E-state index < -0.39 is 33.4 Å². The summed E-state index contributed by atoms with van der Waals surface area (Å²) in [5.41, 5.74) is 4.32. The van der Waals surface area contributed by atoms with E-state index in [2.05, 4.69) is 26.8 Å². The third kappa shape index (κ3) is 4.01. The predicted octanol–water partition coefficient (Wildman–Crippen LogP) is 0.784. The van der Waals surface area contributed by atoms with Gasteiger partial charge in [-0.05, 0) is 40.5 Å². The second kappa shape index (κ2) is 6.10. The van der Waals surface area contributed by atoms with Gasteiger partial charge in [-0.25, -0.2) is 12.8 Å². The van der Waals surface area contributed by atoms with Crippen LogP contribution in [0.3, 0.4) is 0 Å². The van der Waals surface area contributed by atoms with Crippen LogP contribution in [0.25, 0.3) is 0 Å². The molecule has 1 aliphatic rings. The monoisotopic (exact) mass is 378 g/mol. The van der Waals surface area contributed by atoms with Crippen LogP contribution in [0.15, 0.2) is 22.7 Å². The Bertz CT molecular complexity index is 692. The first kappa shape index (κ1) is 15.9. The van der Waals surface area contributed by atoms with Crippen LogP contribution in [0.1, 0.15) is 16.8 Å². The first-order valence-corrected chi connectivity index (χ1v) is 8.65. The zero-order valence-corrected chi connectivity index (χ0v) is 13.1. The Kier molecular flexibility index (Phi) is 4.62. The molecule has 0 radical (unpaired) electrons. The minimum Gasteiger partial charge on any atom is -0.273 e. The number of halogens is 2. The van der Waals surface area contributed by atoms with Gasteiger partial charge >= 0.3 is 0 Å². The molecule has 1 fully saturated rings. The smallest absolute Gasteiger partial charge is 0.270 e. The molecule has 0 unspecified atom stereocenters. The number of nitrogens with one attached hydrogen (secondary N) is 2. The summed E-state index contributed by atoms with van der Waals surface area (Å²) in [6.07, 6.45) is 0.230. The fourth-order valence-corrected chi connectivity index (χ4v) is 4.13. The van der Waals surface area contributed by atoms with Gasteiger partial charge in [-0.1, -0.05) is 0 Å². The molecular formula is C12H12BrFN2O4S. The predicted molar refractivity (Wildman–Crippen MR) is 76.5 cm³/mol. The topological polar surface area (TPSA) is 92.3 Å². The van der Waals surface area contributed by atoms with Crippen molar-refractivity contribution in [1.29, 1.82) is 0 Å². The molecule has 21 heavy (non-hydrogen) atoms. The average Bonchev–Trinajstić information content (AvgIpc) is 2.79. The van der Waals surface area contributed by atoms with E-state index in [0.717, 1.165) is 6.07 Å². The maximum atomic E-state index is 13.1. The summed E-state index contributed by atoms with van der Waals surface area (Å²) in [5.74, 6) is -2.79. The van der Waals surface area contributed by atoms with Gasteiger partial charge in [0, 0.05) is 4.47 Å². The zero-order chi connectivity index (χ0) is 15.6. The molecule has 0 aromatic heterocycles. The molecule has 1 aromatic rings. The highest BCUT2D eigenvalue weighted by atomic mass is 79.9.